The average molecular weight is 171 g/mol. The summed E-state index contributed by atoms with van der Waals surface area (Å²) in [4.78, 5) is 2.33. The van der Waals surface area contributed by atoms with Gasteiger partial charge in [0.15, 0.2) is 0 Å². The Morgan fingerprint density at radius 2 is 2.42 bits per heavy atom. The van der Waals surface area contributed by atoms with Gasteiger partial charge in [-0.1, -0.05) is 0 Å². The molecule has 0 aromatic carbocycles. The summed E-state index contributed by atoms with van der Waals surface area (Å²) in [6.45, 7) is 5.84. The Kier molecular flexibility index (Phi) is 2.32. The lowest BCUT2D eigenvalue weighted by Crippen LogP contribution is -2.56. The van der Waals surface area contributed by atoms with E-state index in [-0.39, 0.29) is 6.17 Å². The highest BCUT2D eigenvalue weighted by Crippen LogP contribution is 2.18. The van der Waals surface area contributed by atoms with Gasteiger partial charge in [-0.25, -0.2) is 0 Å². The van der Waals surface area contributed by atoms with Crippen molar-refractivity contribution in [2.45, 2.75) is 25.2 Å². The summed E-state index contributed by atoms with van der Waals surface area (Å²) in [5, 5.41) is 3.33. The predicted molar refractivity (Wildman–Crippen MR) is 46.8 cm³/mol. The van der Waals surface area contributed by atoms with Crippen molar-refractivity contribution in [2.75, 3.05) is 26.2 Å². The van der Waals surface area contributed by atoms with Crippen LogP contribution in [0.3, 0.4) is 0 Å². The molecule has 70 valence electrons. The molecule has 2 aliphatic rings. The fraction of sp³-hybridized carbons (Fsp3) is 1.00. The first-order valence-corrected chi connectivity index (χ1v) is 4.62. The number of hydrogen-bond donors (Lipinski definition) is 2. The van der Waals surface area contributed by atoms with Crippen molar-refractivity contribution in [3.8, 4) is 0 Å². The van der Waals surface area contributed by atoms with E-state index < -0.39 is 0 Å². The minimum atomic E-state index is 0.154. The average Bonchev–Trinajstić information content (AvgIpc) is 2.49. The van der Waals surface area contributed by atoms with Crippen molar-refractivity contribution in [2.24, 2.45) is 5.73 Å². The van der Waals surface area contributed by atoms with Crippen LogP contribution >= 0.6 is 0 Å². The van der Waals surface area contributed by atoms with Gasteiger partial charge in [-0.05, 0) is 6.92 Å². The van der Waals surface area contributed by atoms with Gasteiger partial charge in [-0.15, -0.1) is 0 Å². The molecule has 4 nitrogen and oxygen atoms in total. The summed E-state index contributed by atoms with van der Waals surface area (Å²) in [6, 6.07) is 0.499. The van der Waals surface area contributed by atoms with Gasteiger partial charge in [0, 0.05) is 19.6 Å². The number of morpholine rings is 1. The molecular formula is C8H17N3O. The van der Waals surface area contributed by atoms with E-state index in [0.717, 1.165) is 26.2 Å². The fourth-order valence-electron chi connectivity index (χ4n) is 2.12. The van der Waals surface area contributed by atoms with Crippen molar-refractivity contribution < 1.29 is 4.74 Å². The zero-order valence-corrected chi connectivity index (χ0v) is 7.49. The van der Waals surface area contributed by atoms with Gasteiger partial charge in [-0.3, -0.25) is 4.90 Å². The third-order valence-electron chi connectivity index (χ3n) is 2.76. The quantitative estimate of drug-likeness (QED) is 0.529. The molecule has 3 atom stereocenters. The lowest BCUT2D eigenvalue weighted by atomic mass is 10.1. The number of nitrogens with one attached hydrogen (secondary N) is 1. The molecule has 0 saturated carbocycles. The van der Waals surface area contributed by atoms with Crippen LogP contribution in [0.2, 0.25) is 0 Å². The van der Waals surface area contributed by atoms with Crippen LogP contribution in [0.25, 0.3) is 0 Å². The van der Waals surface area contributed by atoms with Crippen molar-refractivity contribution in [3.05, 3.63) is 0 Å². The third kappa shape index (κ3) is 1.35. The van der Waals surface area contributed by atoms with Crippen LogP contribution in [0.5, 0.6) is 0 Å². The van der Waals surface area contributed by atoms with Crippen LogP contribution < -0.4 is 11.1 Å². The lowest BCUT2D eigenvalue weighted by molar-refractivity contribution is -0.0597. The van der Waals surface area contributed by atoms with E-state index in [1.165, 1.54) is 0 Å². The van der Waals surface area contributed by atoms with Gasteiger partial charge in [0.1, 0.15) is 0 Å². The summed E-state index contributed by atoms with van der Waals surface area (Å²) in [5.41, 5.74) is 5.87. The van der Waals surface area contributed by atoms with E-state index >= 15 is 0 Å². The van der Waals surface area contributed by atoms with E-state index in [0.29, 0.717) is 12.1 Å². The molecule has 2 rings (SSSR count). The zero-order valence-electron chi connectivity index (χ0n) is 7.49. The van der Waals surface area contributed by atoms with Crippen LogP contribution in [0, 0.1) is 0 Å². The number of ether oxygens (including phenoxy) is 1. The first-order chi connectivity index (χ1) is 5.79. The van der Waals surface area contributed by atoms with E-state index in [1.807, 2.05) is 6.92 Å². The first-order valence-electron chi connectivity index (χ1n) is 4.62. The highest BCUT2D eigenvalue weighted by Gasteiger charge is 2.36. The normalized spacial score (nSPS) is 39.5. The number of fused-ring (bicyclic) bond motifs is 1. The molecule has 0 bridgehead atoms. The van der Waals surface area contributed by atoms with Gasteiger partial charge in [0.25, 0.3) is 0 Å². The Balaban J connectivity index is 2.03. The second-order valence-corrected chi connectivity index (χ2v) is 3.61. The van der Waals surface area contributed by atoms with Crippen molar-refractivity contribution in [1.29, 1.82) is 0 Å². The lowest BCUT2D eigenvalue weighted by Gasteiger charge is -2.39. The van der Waals surface area contributed by atoms with E-state index in [9.17, 15) is 0 Å². The fourth-order valence-corrected chi connectivity index (χ4v) is 2.12. The van der Waals surface area contributed by atoms with E-state index in [4.69, 9.17) is 10.5 Å². The van der Waals surface area contributed by atoms with Gasteiger partial charge >= 0.3 is 0 Å². The highest BCUT2D eigenvalue weighted by atomic mass is 16.5. The maximum Gasteiger partial charge on any atom is 0.0867 e. The molecule has 3 unspecified atom stereocenters. The Bertz CT molecular complexity index is 162. The molecule has 2 aliphatic heterocycles. The second-order valence-electron chi connectivity index (χ2n) is 3.61. The third-order valence-corrected chi connectivity index (χ3v) is 2.76. The molecule has 0 aromatic heterocycles. The summed E-state index contributed by atoms with van der Waals surface area (Å²) in [7, 11) is 0. The molecule has 4 heteroatoms. The summed E-state index contributed by atoms with van der Waals surface area (Å²) < 4.78 is 5.62. The largest absolute Gasteiger partial charge is 0.374 e. The maximum atomic E-state index is 5.87. The van der Waals surface area contributed by atoms with Crippen LogP contribution in [0.4, 0.5) is 0 Å². The molecule has 2 fully saturated rings. The molecule has 0 spiro atoms. The van der Waals surface area contributed by atoms with E-state index in [2.05, 4.69) is 10.2 Å². The SMILES string of the molecule is CC(N)N1CCOC2CNCC21. The van der Waals surface area contributed by atoms with Gasteiger partial charge in [-0.2, -0.15) is 0 Å². The van der Waals surface area contributed by atoms with Crippen molar-refractivity contribution in [3.63, 3.8) is 0 Å². The van der Waals surface area contributed by atoms with Crippen molar-refractivity contribution in [1.82, 2.24) is 10.2 Å². The molecule has 3 N–H and O–H groups in total. The smallest absolute Gasteiger partial charge is 0.0867 e. The molecule has 0 aromatic rings. The molecule has 0 amide bonds. The predicted octanol–water partition coefficient (Wildman–Crippen LogP) is -1.04. The summed E-state index contributed by atoms with van der Waals surface area (Å²) in [6.07, 6.45) is 0.519. The van der Waals surface area contributed by atoms with Gasteiger partial charge < -0.3 is 15.8 Å². The van der Waals surface area contributed by atoms with Crippen LogP contribution in [0.1, 0.15) is 6.92 Å². The number of hydrogen-bond acceptors (Lipinski definition) is 4. The molecule has 2 saturated heterocycles. The highest BCUT2D eigenvalue weighted by molar-refractivity contribution is 4.93. The second kappa shape index (κ2) is 3.30. The maximum absolute atomic E-state index is 5.87. The Morgan fingerprint density at radius 1 is 1.58 bits per heavy atom. The zero-order chi connectivity index (χ0) is 8.55. The van der Waals surface area contributed by atoms with Crippen LogP contribution in [0.15, 0.2) is 0 Å². The number of rotatable bonds is 1. The van der Waals surface area contributed by atoms with Gasteiger partial charge in [0.05, 0.1) is 24.9 Å². The molecule has 2 heterocycles. The Hall–Kier alpha value is -0.160. The minimum absolute atomic E-state index is 0.154. The molecule has 0 aliphatic carbocycles. The minimum Gasteiger partial charge on any atom is -0.374 e. The standard InChI is InChI=1S/C8H17N3O/c1-6(9)11-2-3-12-8-5-10-4-7(8)11/h6-8,10H,2-5,9H2,1H3. The van der Waals surface area contributed by atoms with Crippen LogP contribution in [-0.2, 0) is 4.74 Å². The molecule has 12 heavy (non-hydrogen) atoms. The van der Waals surface area contributed by atoms with Gasteiger partial charge in [0.2, 0.25) is 0 Å². The van der Waals surface area contributed by atoms with E-state index in [1.54, 1.807) is 0 Å². The Morgan fingerprint density at radius 3 is 3.17 bits per heavy atom. The Labute approximate surface area is 73.0 Å². The first kappa shape index (κ1) is 8.44. The number of nitrogens with two attached hydrogens (primary N) is 1. The van der Waals surface area contributed by atoms with Crippen molar-refractivity contribution >= 4 is 0 Å². The topological polar surface area (TPSA) is 50.5 Å². The number of nitrogens with zero attached hydrogens (tertiary/aromatic N) is 1. The molecular weight excluding hydrogens is 154 g/mol. The summed E-state index contributed by atoms with van der Waals surface area (Å²) >= 11 is 0. The monoisotopic (exact) mass is 171 g/mol. The van der Waals surface area contributed by atoms with Crippen LogP contribution in [-0.4, -0.2) is 49.5 Å². The molecule has 0 radical (unpaired) electrons. The summed E-state index contributed by atoms with van der Waals surface area (Å²) in [5.74, 6) is 0.